The van der Waals surface area contributed by atoms with Gasteiger partial charge in [-0.05, 0) is 41.8 Å². The molecule has 0 radical (unpaired) electrons. The molecule has 33 heavy (non-hydrogen) atoms. The summed E-state index contributed by atoms with van der Waals surface area (Å²) in [5, 5.41) is -0.0629. The number of ether oxygens (including phenoxy) is 2. The Hall–Kier alpha value is -3.52. The predicted octanol–water partition coefficient (Wildman–Crippen LogP) is 1.82. The molecule has 174 valence electrons. The summed E-state index contributed by atoms with van der Waals surface area (Å²) in [6, 6.07) is 5.55. The highest BCUT2D eigenvalue weighted by atomic mass is 32.2. The summed E-state index contributed by atoms with van der Waals surface area (Å²) in [5.41, 5.74) is -0.174. The highest BCUT2D eigenvalue weighted by Crippen LogP contribution is 2.33. The van der Waals surface area contributed by atoms with Gasteiger partial charge in [-0.25, -0.2) is 9.59 Å². The molecule has 0 atom stereocenters. The van der Waals surface area contributed by atoms with Crippen LogP contribution in [0.25, 0.3) is 10.8 Å². The SMILES string of the molecule is COC(=O)C1=C(C(=O)OC)N(c2ccc3c(S(=O)(=O)O)cc(S(=O)(=O)O)cc3c2)C=CC=C1. The molecule has 0 aliphatic carbocycles. The molecule has 13 heteroatoms. The Bertz CT molecular complexity index is 1470. The molecule has 0 fully saturated rings. The molecular weight excluding hydrogens is 478 g/mol. The number of hydrogen-bond acceptors (Lipinski definition) is 9. The van der Waals surface area contributed by atoms with Crippen molar-refractivity contribution >= 4 is 48.6 Å². The maximum Gasteiger partial charge on any atom is 0.355 e. The zero-order chi connectivity index (χ0) is 24.6. The lowest BCUT2D eigenvalue weighted by Gasteiger charge is -2.23. The van der Waals surface area contributed by atoms with Gasteiger partial charge < -0.3 is 14.4 Å². The van der Waals surface area contributed by atoms with Crippen molar-refractivity contribution in [2.45, 2.75) is 9.79 Å². The molecule has 0 saturated carbocycles. The molecule has 11 nitrogen and oxygen atoms in total. The van der Waals surface area contributed by atoms with Crippen LogP contribution in [0.1, 0.15) is 0 Å². The van der Waals surface area contributed by atoms with Crippen LogP contribution < -0.4 is 4.90 Å². The van der Waals surface area contributed by atoms with Gasteiger partial charge in [0.25, 0.3) is 20.2 Å². The number of benzene rings is 2. The van der Waals surface area contributed by atoms with Crippen LogP contribution in [-0.4, -0.2) is 52.1 Å². The van der Waals surface area contributed by atoms with Crippen molar-refractivity contribution in [2.75, 3.05) is 19.1 Å². The maximum absolute atomic E-state index is 12.5. The van der Waals surface area contributed by atoms with Crippen molar-refractivity contribution in [3.05, 3.63) is 66.0 Å². The van der Waals surface area contributed by atoms with Gasteiger partial charge >= 0.3 is 11.9 Å². The zero-order valence-corrected chi connectivity index (χ0v) is 18.8. The molecule has 0 amide bonds. The molecule has 3 rings (SSSR count). The number of rotatable bonds is 5. The fourth-order valence-electron chi connectivity index (χ4n) is 3.17. The normalized spacial score (nSPS) is 14.4. The maximum atomic E-state index is 12.5. The largest absolute Gasteiger partial charge is 0.465 e. The Balaban J connectivity index is 2.35. The van der Waals surface area contributed by atoms with E-state index in [0.717, 1.165) is 20.3 Å². The molecule has 1 aliphatic rings. The molecule has 1 heterocycles. The topological polar surface area (TPSA) is 165 Å². The van der Waals surface area contributed by atoms with Gasteiger partial charge in [0, 0.05) is 17.3 Å². The van der Waals surface area contributed by atoms with Gasteiger partial charge in [-0.1, -0.05) is 12.1 Å². The summed E-state index contributed by atoms with van der Waals surface area (Å²) in [4.78, 5) is 24.6. The quantitative estimate of drug-likeness (QED) is 0.459. The first-order valence-corrected chi connectivity index (χ1v) is 11.8. The number of anilines is 1. The van der Waals surface area contributed by atoms with E-state index in [9.17, 15) is 35.5 Å². The summed E-state index contributed by atoms with van der Waals surface area (Å²) < 4.78 is 75.4. The zero-order valence-electron chi connectivity index (χ0n) is 17.1. The highest BCUT2D eigenvalue weighted by molar-refractivity contribution is 7.86. The predicted molar refractivity (Wildman–Crippen MR) is 115 cm³/mol. The molecule has 1 aliphatic heterocycles. The number of carbonyl (C=O) groups excluding carboxylic acids is 2. The molecule has 2 aromatic carbocycles. The Morgan fingerprint density at radius 2 is 1.55 bits per heavy atom. The van der Waals surface area contributed by atoms with Gasteiger partial charge in [0.05, 0.1) is 24.7 Å². The molecule has 2 N–H and O–H groups in total. The van der Waals surface area contributed by atoms with Crippen molar-refractivity contribution in [2.24, 2.45) is 0 Å². The fraction of sp³-hybridized carbons (Fsp3) is 0.100. The highest BCUT2D eigenvalue weighted by Gasteiger charge is 2.28. The number of carbonyl (C=O) groups is 2. The first-order valence-electron chi connectivity index (χ1n) is 8.96. The van der Waals surface area contributed by atoms with Gasteiger partial charge in [-0.2, -0.15) is 16.8 Å². The molecule has 0 saturated heterocycles. The van der Waals surface area contributed by atoms with Crippen molar-refractivity contribution in [1.82, 2.24) is 0 Å². The Morgan fingerprint density at radius 3 is 2.12 bits per heavy atom. The minimum Gasteiger partial charge on any atom is -0.465 e. The number of fused-ring (bicyclic) bond motifs is 1. The molecule has 0 aromatic heterocycles. The Kier molecular flexibility index (Phi) is 6.42. The van der Waals surface area contributed by atoms with E-state index in [0.29, 0.717) is 6.07 Å². The number of nitrogens with zero attached hydrogens (tertiary/aromatic N) is 1. The average molecular weight is 495 g/mol. The third-order valence-corrected chi connectivity index (χ3v) is 6.34. The van der Waals surface area contributed by atoms with Gasteiger partial charge in [0.2, 0.25) is 0 Å². The summed E-state index contributed by atoms with van der Waals surface area (Å²) in [5.74, 6) is -1.72. The van der Waals surface area contributed by atoms with Crippen LogP contribution in [0.3, 0.4) is 0 Å². The van der Waals surface area contributed by atoms with E-state index in [1.807, 2.05) is 0 Å². The van der Waals surface area contributed by atoms with Crippen LogP contribution in [0, 0.1) is 0 Å². The molecule has 0 unspecified atom stereocenters. The van der Waals surface area contributed by atoms with Crippen molar-refractivity contribution < 1.29 is 45.0 Å². The van der Waals surface area contributed by atoms with Crippen molar-refractivity contribution in [3.8, 4) is 0 Å². The van der Waals surface area contributed by atoms with E-state index < -0.39 is 42.0 Å². The minimum absolute atomic E-state index is 0.00955. The lowest BCUT2D eigenvalue weighted by Crippen LogP contribution is -2.26. The number of esters is 2. The van der Waals surface area contributed by atoms with E-state index in [2.05, 4.69) is 0 Å². The van der Waals surface area contributed by atoms with E-state index in [1.54, 1.807) is 0 Å². The van der Waals surface area contributed by atoms with E-state index in [4.69, 9.17) is 9.47 Å². The number of hydrogen-bond donors (Lipinski definition) is 2. The van der Waals surface area contributed by atoms with E-state index >= 15 is 0 Å². The standard InChI is InChI=1S/C20H17NO10S2/c1-30-19(22)16-5-3-4-8-21(18(16)20(23)31-2)13-6-7-15-12(9-13)10-14(32(24,25)26)11-17(15)33(27,28)29/h3-11H,1-2H3,(H,24,25,26)(H,27,28,29). The average Bonchev–Trinajstić information content (AvgIpc) is 2.98. The van der Waals surface area contributed by atoms with Crippen LogP contribution in [0.4, 0.5) is 5.69 Å². The third-order valence-electron chi connectivity index (χ3n) is 4.61. The van der Waals surface area contributed by atoms with Crippen molar-refractivity contribution in [3.63, 3.8) is 0 Å². The van der Waals surface area contributed by atoms with Gasteiger partial charge in [0.1, 0.15) is 10.6 Å². The second-order valence-electron chi connectivity index (χ2n) is 6.59. The smallest absolute Gasteiger partial charge is 0.355 e. The molecular formula is C20H17NO10S2. The Morgan fingerprint density at radius 1 is 0.879 bits per heavy atom. The monoisotopic (exact) mass is 495 g/mol. The van der Waals surface area contributed by atoms with Gasteiger partial charge in [-0.15, -0.1) is 0 Å². The number of methoxy groups -OCH3 is 2. The minimum atomic E-state index is -4.87. The lowest BCUT2D eigenvalue weighted by atomic mass is 10.1. The van der Waals surface area contributed by atoms with Crippen LogP contribution in [0.2, 0.25) is 0 Å². The molecule has 0 bridgehead atoms. The summed E-state index contributed by atoms with van der Waals surface area (Å²) in [6.07, 6.45) is 5.73. The fourth-order valence-corrected chi connectivity index (χ4v) is 4.53. The molecule has 0 spiro atoms. The van der Waals surface area contributed by atoms with Crippen LogP contribution in [-0.2, 0) is 39.3 Å². The van der Waals surface area contributed by atoms with Gasteiger partial charge in [-0.3, -0.25) is 9.11 Å². The summed E-state index contributed by atoms with van der Waals surface area (Å²) >= 11 is 0. The lowest BCUT2D eigenvalue weighted by molar-refractivity contribution is -0.139. The molecule has 2 aromatic rings. The first-order chi connectivity index (χ1) is 15.4. The van der Waals surface area contributed by atoms with E-state index in [1.165, 1.54) is 47.5 Å². The van der Waals surface area contributed by atoms with Crippen molar-refractivity contribution in [1.29, 1.82) is 0 Å². The number of allylic oxidation sites excluding steroid dienone is 2. The van der Waals surface area contributed by atoms with Gasteiger partial charge in [0.15, 0.2) is 0 Å². The summed E-state index contributed by atoms with van der Waals surface area (Å²) in [6.45, 7) is 0. The Labute approximate surface area is 188 Å². The third kappa shape index (κ3) is 4.80. The van der Waals surface area contributed by atoms with Crippen LogP contribution in [0.5, 0.6) is 0 Å². The van der Waals surface area contributed by atoms with Crippen LogP contribution >= 0.6 is 0 Å². The second-order valence-corrected chi connectivity index (χ2v) is 9.40. The first kappa shape index (κ1) is 24.1. The van der Waals surface area contributed by atoms with Crippen LogP contribution in [0.15, 0.2) is 75.8 Å². The summed E-state index contributed by atoms with van der Waals surface area (Å²) in [7, 11) is -7.46. The second kappa shape index (κ2) is 8.78. The van der Waals surface area contributed by atoms with E-state index in [-0.39, 0.29) is 27.7 Å².